The van der Waals surface area contributed by atoms with Crippen LogP contribution in [-0.2, 0) is 0 Å². The van der Waals surface area contributed by atoms with Gasteiger partial charge >= 0.3 is 0 Å². The number of aromatic nitrogens is 1. The smallest absolute Gasteiger partial charge is 0.177 e. The van der Waals surface area contributed by atoms with E-state index in [9.17, 15) is 4.79 Å². The Bertz CT molecular complexity index is 473. The van der Waals surface area contributed by atoms with Crippen LogP contribution < -0.4 is 4.74 Å². The van der Waals surface area contributed by atoms with Crippen molar-refractivity contribution in [1.29, 1.82) is 0 Å². The van der Waals surface area contributed by atoms with E-state index >= 15 is 0 Å². The van der Waals surface area contributed by atoms with E-state index < -0.39 is 0 Å². The van der Waals surface area contributed by atoms with E-state index in [1.54, 1.807) is 0 Å². The number of ether oxygens (including phenoxy) is 1. The van der Waals surface area contributed by atoms with Gasteiger partial charge in [0.2, 0.25) is 0 Å². The molecule has 0 spiro atoms. The molecule has 0 amide bonds. The molecule has 0 aliphatic heterocycles. The fourth-order valence-corrected chi connectivity index (χ4v) is 1.42. The molecule has 16 heavy (non-hydrogen) atoms. The maximum atomic E-state index is 10.7. The third-order valence-electron chi connectivity index (χ3n) is 2.15. The predicted molar refractivity (Wildman–Crippen MR) is 58.5 cm³/mol. The molecule has 0 fully saturated rings. The lowest BCUT2D eigenvalue weighted by atomic mass is 10.1. The first-order valence-corrected chi connectivity index (χ1v) is 4.98. The third kappa shape index (κ3) is 1.95. The van der Waals surface area contributed by atoms with Crippen LogP contribution in [-0.4, -0.2) is 18.0 Å². The first-order chi connectivity index (χ1) is 7.85. The maximum Gasteiger partial charge on any atom is 0.177 e. The van der Waals surface area contributed by atoms with E-state index in [2.05, 4.69) is 5.16 Å². The van der Waals surface area contributed by atoms with Crippen molar-refractivity contribution in [2.24, 2.45) is 0 Å². The fourth-order valence-electron chi connectivity index (χ4n) is 1.42. The molecular formula is C12H11NO3. The lowest BCUT2D eigenvalue weighted by molar-refractivity contribution is 0.112. The Morgan fingerprint density at radius 1 is 1.38 bits per heavy atom. The third-order valence-corrected chi connectivity index (χ3v) is 2.15. The van der Waals surface area contributed by atoms with Crippen LogP contribution >= 0.6 is 0 Å². The SMILES string of the molecule is CCOc1ccc(-c2oncc2C=O)cc1. The highest BCUT2D eigenvalue weighted by molar-refractivity contribution is 5.84. The van der Waals surface area contributed by atoms with Crippen molar-refractivity contribution in [2.45, 2.75) is 6.92 Å². The van der Waals surface area contributed by atoms with Crippen LogP contribution in [0.2, 0.25) is 0 Å². The number of benzene rings is 1. The van der Waals surface area contributed by atoms with Gasteiger partial charge in [0, 0.05) is 5.56 Å². The molecule has 0 N–H and O–H groups in total. The first kappa shape index (κ1) is 10.4. The van der Waals surface area contributed by atoms with Gasteiger partial charge in [-0.2, -0.15) is 0 Å². The molecule has 1 heterocycles. The largest absolute Gasteiger partial charge is 0.494 e. The molecule has 0 unspecified atom stereocenters. The highest BCUT2D eigenvalue weighted by Gasteiger charge is 2.09. The highest BCUT2D eigenvalue weighted by Crippen LogP contribution is 2.24. The van der Waals surface area contributed by atoms with Gasteiger partial charge in [0.15, 0.2) is 12.0 Å². The van der Waals surface area contributed by atoms with E-state index in [4.69, 9.17) is 9.26 Å². The van der Waals surface area contributed by atoms with Crippen LogP contribution in [0.25, 0.3) is 11.3 Å². The average molecular weight is 217 g/mol. The maximum absolute atomic E-state index is 10.7. The Morgan fingerprint density at radius 2 is 2.12 bits per heavy atom. The summed E-state index contributed by atoms with van der Waals surface area (Å²) in [5.41, 5.74) is 1.26. The van der Waals surface area contributed by atoms with Gasteiger partial charge in [-0.25, -0.2) is 0 Å². The van der Waals surface area contributed by atoms with E-state index in [1.807, 2.05) is 31.2 Å². The van der Waals surface area contributed by atoms with Crippen molar-refractivity contribution in [3.05, 3.63) is 36.0 Å². The molecular weight excluding hydrogens is 206 g/mol. The first-order valence-electron chi connectivity index (χ1n) is 4.98. The molecule has 1 aromatic carbocycles. The Hall–Kier alpha value is -2.10. The Labute approximate surface area is 92.8 Å². The van der Waals surface area contributed by atoms with Crippen molar-refractivity contribution in [3.8, 4) is 17.1 Å². The van der Waals surface area contributed by atoms with E-state index in [0.717, 1.165) is 17.6 Å². The molecule has 0 atom stereocenters. The van der Waals surface area contributed by atoms with Crippen molar-refractivity contribution in [1.82, 2.24) is 5.16 Å². The molecule has 82 valence electrons. The van der Waals surface area contributed by atoms with Gasteiger partial charge in [-0.15, -0.1) is 0 Å². The molecule has 0 radical (unpaired) electrons. The summed E-state index contributed by atoms with van der Waals surface area (Å²) in [6.45, 7) is 2.55. The summed E-state index contributed by atoms with van der Waals surface area (Å²) < 4.78 is 10.3. The van der Waals surface area contributed by atoms with Crippen molar-refractivity contribution in [2.75, 3.05) is 6.61 Å². The lowest BCUT2D eigenvalue weighted by Crippen LogP contribution is -1.90. The monoisotopic (exact) mass is 217 g/mol. The van der Waals surface area contributed by atoms with Crippen LogP contribution in [0.5, 0.6) is 5.75 Å². The molecule has 0 saturated carbocycles. The van der Waals surface area contributed by atoms with Crippen LogP contribution in [0.3, 0.4) is 0 Å². The second kappa shape index (κ2) is 4.61. The standard InChI is InChI=1S/C12H11NO3/c1-2-15-11-5-3-9(4-6-11)12-10(8-14)7-13-16-12/h3-8H,2H2,1H3. The van der Waals surface area contributed by atoms with Crippen LogP contribution in [0.15, 0.2) is 35.0 Å². The Kier molecular flexibility index (Phi) is 3.00. The average Bonchev–Trinajstić information content (AvgIpc) is 2.78. The van der Waals surface area contributed by atoms with Gasteiger partial charge in [0.1, 0.15) is 5.75 Å². The fraction of sp³-hybridized carbons (Fsp3) is 0.167. The van der Waals surface area contributed by atoms with Crippen LogP contribution in [0, 0.1) is 0 Å². The number of aldehydes is 1. The van der Waals surface area contributed by atoms with Gasteiger partial charge in [-0.1, -0.05) is 5.16 Å². The molecule has 0 saturated heterocycles. The molecule has 2 rings (SSSR count). The molecule has 1 aromatic heterocycles. The van der Waals surface area contributed by atoms with Gasteiger partial charge in [-0.05, 0) is 31.2 Å². The normalized spacial score (nSPS) is 10.1. The highest BCUT2D eigenvalue weighted by atomic mass is 16.5. The summed E-state index contributed by atoms with van der Waals surface area (Å²) in [5.74, 6) is 1.27. The van der Waals surface area contributed by atoms with Gasteiger partial charge < -0.3 is 9.26 Å². The van der Waals surface area contributed by atoms with Crippen molar-refractivity contribution in [3.63, 3.8) is 0 Å². The minimum absolute atomic E-state index is 0.448. The minimum atomic E-state index is 0.448. The molecule has 2 aromatic rings. The zero-order valence-electron chi connectivity index (χ0n) is 8.84. The summed E-state index contributed by atoms with van der Waals surface area (Å²) in [6, 6.07) is 7.32. The van der Waals surface area contributed by atoms with E-state index in [0.29, 0.717) is 17.9 Å². The van der Waals surface area contributed by atoms with Crippen molar-refractivity contribution >= 4 is 6.29 Å². The number of hydrogen-bond acceptors (Lipinski definition) is 4. The second-order valence-electron chi connectivity index (χ2n) is 3.19. The number of hydrogen-bond donors (Lipinski definition) is 0. The van der Waals surface area contributed by atoms with Crippen LogP contribution in [0.1, 0.15) is 17.3 Å². The van der Waals surface area contributed by atoms with Gasteiger partial charge in [0.25, 0.3) is 0 Å². The van der Waals surface area contributed by atoms with Crippen LogP contribution in [0.4, 0.5) is 0 Å². The molecule has 4 nitrogen and oxygen atoms in total. The number of carbonyl (C=O) groups is 1. The quantitative estimate of drug-likeness (QED) is 0.738. The number of nitrogens with zero attached hydrogens (tertiary/aromatic N) is 1. The van der Waals surface area contributed by atoms with E-state index in [-0.39, 0.29) is 0 Å². The minimum Gasteiger partial charge on any atom is -0.494 e. The summed E-state index contributed by atoms with van der Waals surface area (Å²) in [4.78, 5) is 10.7. The second-order valence-corrected chi connectivity index (χ2v) is 3.19. The molecule has 0 aliphatic rings. The number of rotatable bonds is 4. The summed E-state index contributed by atoms with van der Waals surface area (Å²) >= 11 is 0. The van der Waals surface area contributed by atoms with Gasteiger partial charge in [0.05, 0.1) is 18.4 Å². The van der Waals surface area contributed by atoms with Gasteiger partial charge in [-0.3, -0.25) is 4.79 Å². The summed E-state index contributed by atoms with van der Waals surface area (Å²) in [7, 11) is 0. The molecule has 0 bridgehead atoms. The summed E-state index contributed by atoms with van der Waals surface area (Å²) in [6.07, 6.45) is 2.13. The Morgan fingerprint density at radius 3 is 2.75 bits per heavy atom. The lowest BCUT2D eigenvalue weighted by Gasteiger charge is -2.03. The molecule has 0 aliphatic carbocycles. The molecule has 4 heteroatoms. The number of carbonyl (C=O) groups excluding carboxylic acids is 1. The Balaban J connectivity index is 2.31. The summed E-state index contributed by atoms with van der Waals surface area (Å²) in [5, 5.41) is 3.59. The topological polar surface area (TPSA) is 52.3 Å². The van der Waals surface area contributed by atoms with E-state index in [1.165, 1.54) is 6.20 Å². The zero-order valence-corrected chi connectivity index (χ0v) is 8.84. The zero-order chi connectivity index (χ0) is 11.4. The predicted octanol–water partition coefficient (Wildman–Crippen LogP) is 2.55. The van der Waals surface area contributed by atoms with Crippen molar-refractivity contribution < 1.29 is 14.1 Å².